The summed E-state index contributed by atoms with van der Waals surface area (Å²) >= 11 is 5.52. The van der Waals surface area contributed by atoms with Crippen molar-refractivity contribution < 1.29 is 49.4 Å². The van der Waals surface area contributed by atoms with Gasteiger partial charge in [0.25, 0.3) is 20.2 Å². The average Bonchev–Trinajstić information content (AvgIpc) is 3.10. The first kappa shape index (κ1) is 45.6. The molecule has 0 unspecified atom stereocenters. The number of alkyl halides is 1. The zero-order chi connectivity index (χ0) is 41.9. The van der Waals surface area contributed by atoms with E-state index in [2.05, 4.69) is 32.7 Å². The second-order valence-corrected chi connectivity index (χ2v) is 18.6. The fourth-order valence-electron chi connectivity index (χ4n) is 6.12. The zero-order valence-electron chi connectivity index (χ0n) is 30.8. The second-order valence-electron chi connectivity index (χ2n) is 13.1. The van der Waals surface area contributed by atoms with Crippen molar-refractivity contribution in [3.63, 3.8) is 0 Å². The van der Waals surface area contributed by atoms with Crippen LogP contribution in [0, 0.1) is 13.8 Å². The molecule has 0 fully saturated rings. The molecular weight excluding hydrogens is 834 g/mol. The van der Waals surface area contributed by atoms with Gasteiger partial charge in [-0.3, -0.25) is 13.9 Å². The lowest BCUT2D eigenvalue weighted by molar-refractivity contribution is -0.116. The third kappa shape index (κ3) is 10.5. The fourth-order valence-corrected chi connectivity index (χ4v) is 9.21. The normalized spacial score (nSPS) is 12.4. The summed E-state index contributed by atoms with van der Waals surface area (Å²) in [5, 5.41) is 41.5. The number of aromatic hydroxyl groups is 2. The molecule has 5 rings (SSSR count). The summed E-state index contributed by atoms with van der Waals surface area (Å²) in [6.45, 7) is 5.09. The van der Waals surface area contributed by atoms with Gasteiger partial charge < -0.3 is 15.5 Å². The molecule has 5 N–H and O–H groups in total. The van der Waals surface area contributed by atoms with E-state index in [1.807, 2.05) is 12.1 Å². The van der Waals surface area contributed by atoms with Gasteiger partial charge in [0.05, 0.1) is 27.8 Å². The molecule has 16 nitrogen and oxygen atoms in total. The summed E-state index contributed by atoms with van der Waals surface area (Å²) in [4.78, 5) is 11.6. The van der Waals surface area contributed by atoms with Gasteiger partial charge in [-0.1, -0.05) is 32.9 Å². The number of nitrogens with zero attached hydrogens (tertiary/aromatic N) is 4. The maximum absolute atomic E-state index is 12.9. The standard InChI is InChI=1S/C37H38ClN5O11S3.CH4/c1-4-6-23-8-10-25(11-9-23)40-42-33-22(3)18-28-27(35(33)45)12-13-29(37(28)57(52,53)54)41-43-34-21(2)17-24-19-26(56(49,50)51)20-30(32(24)36(34)46)39-31(44)7-5-15-55(47,48)16-14-38;/h8-13,17-20,45-46H,4-7,14-16H2,1-3H3,(H,39,44)(H,49,50,51)(H,52,53,54);1H4. The molecule has 1 amide bonds. The van der Waals surface area contributed by atoms with Crippen molar-refractivity contribution in [1.82, 2.24) is 0 Å². The summed E-state index contributed by atoms with van der Waals surface area (Å²) in [5.41, 5.74) is 1.30. The fraction of sp³-hybridized carbons (Fsp3) is 0.289. The molecule has 5 aromatic carbocycles. The molecule has 0 aromatic heterocycles. The van der Waals surface area contributed by atoms with Crippen LogP contribution < -0.4 is 5.32 Å². The summed E-state index contributed by atoms with van der Waals surface area (Å²) in [7, 11) is -13.4. The number of sulfone groups is 1. The van der Waals surface area contributed by atoms with Gasteiger partial charge >= 0.3 is 0 Å². The molecule has 0 aliphatic heterocycles. The number of hydrogen-bond acceptors (Lipinski definition) is 13. The molecule has 0 bridgehead atoms. The Morgan fingerprint density at radius 3 is 2.02 bits per heavy atom. The molecule has 0 spiro atoms. The van der Waals surface area contributed by atoms with Crippen LogP contribution in [-0.2, 0) is 41.3 Å². The van der Waals surface area contributed by atoms with Gasteiger partial charge in [0, 0.05) is 28.5 Å². The summed E-state index contributed by atoms with van der Waals surface area (Å²) < 4.78 is 94.1. The number of carbonyl (C=O) groups is 1. The number of hydrogen-bond donors (Lipinski definition) is 5. The van der Waals surface area contributed by atoms with Crippen LogP contribution in [0.1, 0.15) is 50.3 Å². The highest BCUT2D eigenvalue weighted by Crippen LogP contribution is 2.46. The summed E-state index contributed by atoms with van der Waals surface area (Å²) in [6, 6.07) is 14.6. The number of benzene rings is 5. The van der Waals surface area contributed by atoms with Crippen molar-refractivity contribution in [1.29, 1.82) is 0 Å². The van der Waals surface area contributed by atoms with Crippen LogP contribution >= 0.6 is 11.6 Å². The number of amides is 1. The van der Waals surface area contributed by atoms with Crippen LogP contribution in [0.4, 0.5) is 28.4 Å². The molecular formula is C38H42ClN5O11S3. The lowest BCUT2D eigenvalue weighted by Gasteiger charge is -2.15. The van der Waals surface area contributed by atoms with E-state index in [1.54, 1.807) is 19.1 Å². The van der Waals surface area contributed by atoms with Crippen LogP contribution in [0.15, 0.2) is 90.9 Å². The number of halogens is 1. The Kier molecular flexibility index (Phi) is 14.4. The Labute approximate surface area is 341 Å². The third-order valence-electron chi connectivity index (χ3n) is 8.81. The third-order valence-corrected chi connectivity index (χ3v) is 12.7. The lowest BCUT2D eigenvalue weighted by Crippen LogP contribution is -2.16. The van der Waals surface area contributed by atoms with Crippen molar-refractivity contribution in [2.24, 2.45) is 20.5 Å². The predicted molar refractivity (Wildman–Crippen MR) is 223 cm³/mol. The number of rotatable bonds is 15. The summed E-state index contributed by atoms with van der Waals surface area (Å²) in [6.07, 6.45) is 1.47. The highest BCUT2D eigenvalue weighted by Gasteiger charge is 2.25. The largest absolute Gasteiger partial charge is 0.505 e. The Hall–Kier alpha value is -5.05. The topological polar surface area (TPSA) is 262 Å². The second kappa shape index (κ2) is 18.3. The first-order valence-electron chi connectivity index (χ1n) is 17.3. The van der Waals surface area contributed by atoms with Crippen LogP contribution in [0.3, 0.4) is 0 Å². The SMILES string of the molecule is C.CCCc1ccc(N=Nc2c(C)cc3c(S(=O)(=O)O)c(N=Nc4c(C)cc5cc(S(=O)(=O)O)cc(NC(=O)CCCS(=O)(=O)CCCl)c5c4O)ccc3c2O)cc1. The molecule has 20 heteroatoms. The number of phenols is 2. The Morgan fingerprint density at radius 1 is 0.759 bits per heavy atom. The Bertz CT molecular complexity index is 2800. The number of phenolic OH excluding ortho intramolecular Hbond substituents is 2. The van der Waals surface area contributed by atoms with Crippen molar-refractivity contribution in [2.75, 3.05) is 22.7 Å². The van der Waals surface area contributed by atoms with E-state index >= 15 is 0 Å². The van der Waals surface area contributed by atoms with Crippen molar-refractivity contribution in [3.8, 4) is 11.5 Å². The number of carbonyl (C=O) groups excluding carboxylic acids is 1. The van der Waals surface area contributed by atoms with Gasteiger partial charge in [-0.2, -0.15) is 21.9 Å². The molecule has 0 heterocycles. The first-order chi connectivity index (χ1) is 26.7. The highest BCUT2D eigenvalue weighted by atomic mass is 35.5. The molecule has 5 aromatic rings. The van der Waals surface area contributed by atoms with Gasteiger partial charge in [0.15, 0.2) is 21.3 Å². The lowest BCUT2D eigenvalue weighted by atomic mass is 10.0. The van der Waals surface area contributed by atoms with Gasteiger partial charge in [-0.25, -0.2) is 8.42 Å². The smallest absolute Gasteiger partial charge is 0.297 e. The van der Waals surface area contributed by atoms with Crippen LogP contribution in [0.2, 0.25) is 0 Å². The maximum atomic E-state index is 12.9. The average molecular weight is 876 g/mol. The summed E-state index contributed by atoms with van der Waals surface area (Å²) in [5.74, 6) is -2.53. The van der Waals surface area contributed by atoms with E-state index in [4.69, 9.17) is 11.6 Å². The molecule has 0 aliphatic rings. The van der Waals surface area contributed by atoms with E-state index in [9.17, 15) is 49.4 Å². The van der Waals surface area contributed by atoms with E-state index in [1.165, 1.54) is 31.2 Å². The minimum atomic E-state index is -5.04. The molecule has 310 valence electrons. The van der Waals surface area contributed by atoms with Crippen molar-refractivity contribution >= 4 is 97.6 Å². The number of azo groups is 2. The quantitative estimate of drug-likeness (QED) is 0.0376. The van der Waals surface area contributed by atoms with Crippen LogP contribution in [0.25, 0.3) is 21.5 Å². The highest BCUT2D eigenvalue weighted by molar-refractivity contribution is 7.91. The van der Waals surface area contributed by atoms with Gasteiger partial charge in [0.1, 0.15) is 22.0 Å². The Balaban J connectivity index is 0.00000744. The minimum absolute atomic E-state index is 0. The first-order valence-corrected chi connectivity index (χ1v) is 22.5. The predicted octanol–water partition coefficient (Wildman–Crippen LogP) is 9.31. The van der Waals surface area contributed by atoms with Crippen molar-refractivity contribution in [3.05, 3.63) is 77.4 Å². The number of fused-ring (bicyclic) bond motifs is 2. The molecule has 0 radical (unpaired) electrons. The van der Waals surface area contributed by atoms with Gasteiger partial charge in [0.2, 0.25) is 5.91 Å². The van der Waals surface area contributed by atoms with Gasteiger partial charge in [-0.05, 0) is 97.3 Å². The van der Waals surface area contributed by atoms with Crippen LogP contribution in [0.5, 0.6) is 11.5 Å². The number of nitrogens with one attached hydrogen (secondary N) is 1. The van der Waals surface area contributed by atoms with Gasteiger partial charge in [-0.15, -0.1) is 26.9 Å². The van der Waals surface area contributed by atoms with E-state index in [0.29, 0.717) is 11.3 Å². The maximum Gasteiger partial charge on any atom is 0.297 e. The number of aryl methyl sites for hydroxylation is 3. The number of anilines is 1. The van der Waals surface area contributed by atoms with E-state index in [-0.39, 0.29) is 87.5 Å². The molecule has 0 aliphatic carbocycles. The van der Waals surface area contributed by atoms with Crippen molar-refractivity contribution in [2.45, 2.75) is 63.7 Å². The molecule has 0 saturated carbocycles. The van der Waals surface area contributed by atoms with Crippen LogP contribution in [-0.4, -0.2) is 67.9 Å². The monoisotopic (exact) mass is 875 g/mol. The Morgan fingerprint density at radius 2 is 1.40 bits per heavy atom. The molecule has 0 saturated heterocycles. The van der Waals surface area contributed by atoms with E-state index in [0.717, 1.165) is 30.5 Å². The minimum Gasteiger partial charge on any atom is -0.505 e. The van der Waals surface area contributed by atoms with E-state index < -0.39 is 57.3 Å². The molecule has 58 heavy (non-hydrogen) atoms. The molecule has 0 atom stereocenters. The zero-order valence-corrected chi connectivity index (χ0v) is 34.0.